The maximum absolute atomic E-state index is 13.7. The number of ether oxygens (including phenoxy) is 1. The van der Waals surface area contributed by atoms with Gasteiger partial charge in [-0.15, -0.1) is 16.4 Å². The van der Waals surface area contributed by atoms with Crippen LogP contribution in [0.25, 0.3) is 11.0 Å². The first-order valence-corrected chi connectivity index (χ1v) is 11.9. The van der Waals surface area contributed by atoms with Crippen molar-refractivity contribution in [1.29, 1.82) is 0 Å². The van der Waals surface area contributed by atoms with Gasteiger partial charge in [-0.25, -0.2) is 4.68 Å². The number of fused-ring (bicyclic) bond motifs is 1. The Balaban J connectivity index is 1.69. The van der Waals surface area contributed by atoms with Gasteiger partial charge >= 0.3 is 0 Å². The third kappa shape index (κ3) is 5.61. The molecule has 2 aromatic heterocycles. The van der Waals surface area contributed by atoms with Crippen molar-refractivity contribution < 1.29 is 14.3 Å². The van der Waals surface area contributed by atoms with E-state index in [9.17, 15) is 9.59 Å². The molecule has 0 saturated heterocycles. The first-order chi connectivity index (χ1) is 16.6. The Hall–Kier alpha value is -3.27. The molecule has 176 valence electrons. The first-order valence-electron chi connectivity index (χ1n) is 10.7. The second kappa shape index (κ2) is 11.2. The zero-order valence-electron chi connectivity index (χ0n) is 18.6. The van der Waals surface area contributed by atoms with Gasteiger partial charge in [0.2, 0.25) is 11.8 Å². The van der Waals surface area contributed by atoms with Crippen LogP contribution in [0.4, 0.5) is 0 Å². The van der Waals surface area contributed by atoms with Crippen LogP contribution in [0.3, 0.4) is 0 Å². The molecule has 8 nitrogen and oxygen atoms in total. The number of amides is 2. The molecule has 0 fully saturated rings. The maximum atomic E-state index is 13.7. The molecule has 2 heterocycles. The number of carbonyl (C=O) groups is 2. The second-order valence-corrected chi connectivity index (χ2v) is 9.04. The van der Waals surface area contributed by atoms with E-state index in [1.165, 1.54) is 11.3 Å². The minimum Gasteiger partial charge on any atom is -0.383 e. The number of benzene rings is 2. The van der Waals surface area contributed by atoms with Gasteiger partial charge in [-0.05, 0) is 41.3 Å². The highest BCUT2D eigenvalue weighted by Gasteiger charge is 2.32. The van der Waals surface area contributed by atoms with E-state index in [2.05, 4.69) is 15.6 Å². The van der Waals surface area contributed by atoms with Gasteiger partial charge in [-0.1, -0.05) is 47.1 Å². The lowest BCUT2D eigenvalue weighted by Crippen LogP contribution is -2.45. The number of hydrogen-bond acceptors (Lipinski definition) is 6. The number of para-hydroxylation sites is 1. The largest absolute Gasteiger partial charge is 0.383 e. The number of aromatic nitrogens is 3. The van der Waals surface area contributed by atoms with Crippen molar-refractivity contribution in [1.82, 2.24) is 25.2 Å². The maximum Gasteiger partial charge on any atom is 0.247 e. The van der Waals surface area contributed by atoms with Crippen LogP contribution in [0.1, 0.15) is 16.5 Å². The number of rotatable bonds is 10. The van der Waals surface area contributed by atoms with E-state index in [4.69, 9.17) is 16.3 Å². The molecule has 10 heteroatoms. The molecule has 4 aromatic rings. The van der Waals surface area contributed by atoms with Crippen LogP contribution in [0.5, 0.6) is 0 Å². The van der Waals surface area contributed by atoms with Crippen molar-refractivity contribution in [2.75, 3.05) is 20.3 Å². The molecular weight excluding hydrogens is 474 g/mol. The molecule has 1 unspecified atom stereocenters. The number of nitrogens with one attached hydrogen (secondary N) is 1. The highest BCUT2D eigenvalue weighted by atomic mass is 35.5. The zero-order valence-corrected chi connectivity index (χ0v) is 20.1. The summed E-state index contributed by atoms with van der Waals surface area (Å²) in [5.41, 5.74) is 2.11. The summed E-state index contributed by atoms with van der Waals surface area (Å²) in [6.45, 7) is 0.909. The fourth-order valence-electron chi connectivity index (χ4n) is 3.64. The summed E-state index contributed by atoms with van der Waals surface area (Å²) in [6.07, 6.45) is 0. The molecule has 1 N–H and O–H groups in total. The Kier molecular flexibility index (Phi) is 7.89. The molecule has 0 aliphatic heterocycles. The number of hydrogen-bond donors (Lipinski definition) is 1. The van der Waals surface area contributed by atoms with Gasteiger partial charge in [0, 0.05) is 23.6 Å². The standard InChI is InChI=1S/C24H24ClN5O3S/c1-33-13-12-26-24(32)23(17-8-10-18(25)11-9-17)29(15-19-5-4-14-34-19)22(31)16-30-21-7-3-2-6-20(21)27-28-30/h2-11,14,23H,12-13,15-16H2,1H3,(H,26,32). The molecule has 2 amide bonds. The number of halogens is 1. The molecule has 0 aliphatic rings. The molecule has 0 bridgehead atoms. The minimum atomic E-state index is -0.862. The van der Waals surface area contributed by atoms with Crippen LogP contribution < -0.4 is 5.32 Å². The SMILES string of the molecule is COCCNC(=O)C(c1ccc(Cl)cc1)N(Cc1cccs1)C(=O)Cn1nnc2ccccc21. The molecule has 34 heavy (non-hydrogen) atoms. The Bertz CT molecular complexity index is 1240. The van der Waals surface area contributed by atoms with E-state index in [1.807, 2.05) is 41.8 Å². The molecule has 0 saturated carbocycles. The molecule has 2 aromatic carbocycles. The van der Waals surface area contributed by atoms with Crippen LogP contribution in [-0.2, 0) is 27.4 Å². The van der Waals surface area contributed by atoms with Crippen molar-refractivity contribution in [3.63, 3.8) is 0 Å². The third-order valence-corrected chi connectivity index (χ3v) is 6.40. The van der Waals surface area contributed by atoms with Crippen LogP contribution in [0.15, 0.2) is 66.0 Å². The Morgan fingerprint density at radius 1 is 1.15 bits per heavy atom. The lowest BCUT2D eigenvalue weighted by molar-refractivity contribution is -0.142. The monoisotopic (exact) mass is 497 g/mol. The summed E-state index contributed by atoms with van der Waals surface area (Å²) in [7, 11) is 1.57. The van der Waals surface area contributed by atoms with Crippen LogP contribution in [-0.4, -0.2) is 52.0 Å². The van der Waals surface area contributed by atoms with E-state index in [1.54, 1.807) is 41.0 Å². The molecule has 0 aliphatic carbocycles. The average molecular weight is 498 g/mol. The minimum absolute atomic E-state index is 0.0542. The number of thiophene rings is 1. The summed E-state index contributed by atoms with van der Waals surface area (Å²) in [5.74, 6) is -0.557. The van der Waals surface area contributed by atoms with Gasteiger partial charge in [-0.3, -0.25) is 9.59 Å². The third-order valence-electron chi connectivity index (χ3n) is 5.28. The highest BCUT2D eigenvalue weighted by Crippen LogP contribution is 2.27. The summed E-state index contributed by atoms with van der Waals surface area (Å²) < 4.78 is 6.62. The predicted octanol–water partition coefficient (Wildman–Crippen LogP) is 3.68. The van der Waals surface area contributed by atoms with Gasteiger partial charge in [-0.2, -0.15) is 0 Å². The van der Waals surface area contributed by atoms with E-state index >= 15 is 0 Å². The molecular formula is C24H24ClN5O3S. The van der Waals surface area contributed by atoms with Gasteiger partial charge in [0.15, 0.2) is 0 Å². The number of methoxy groups -OCH3 is 1. The quantitative estimate of drug-likeness (QED) is 0.338. The highest BCUT2D eigenvalue weighted by molar-refractivity contribution is 7.09. The Labute approximate surface area is 206 Å². The smallest absolute Gasteiger partial charge is 0.247 e. The lowest BCUT2D eigenvalue weighted by atomic mass is 10.0. The molecule has 1 atom stereocenters. The summed E-state index contributed by atoms with van der Waals surface area (Å²) in [5, 5.41) is 13.7. The second-order valence-electron chi connectivity index (χ2n) is 7.57. The van der Waals surface area contributed by atoms with Crippen LogP contribution in [0, 0.1) is 0 Å². The van der Waals surface area contributed by atoms with Crippen molar-refractivity contribution in [3.8, 4) is 0 Å². The van der Waals surface area contributed by atoms with Crippen molar-refractivity contribution in [2.24, 2.45) is 0 Å². The molecule has 0 spiro atoms. The van der Waals surface area contributed by atoms with Gasteiger partial charge in [0.05, 0.1) is 18.7 Å². The Morgan fingerprint density at radius 3 is 2.68 bits per heavy atom. The molecule has 4 rings (SSSR count). The summed E-state index contributed by atoms with van der Waals surface area (Å²) in [6, 6.07) is 17.4. The van der Waals surface area contributed by atoms with Crippen LogP contribution >= 0.6 is 22.9 Å². The summed E-state index contributed by atoms with van der Waals surface area (Å²) in [4.78, 5) is 29.6. The van der Waals surface area contributed by atoms with Crippen molar-refractivity contribution in [2.45, 2.75) is 19.1 Å². The lowest BCUT2D eigenvalue weighted by Gasteiger charge is -2.31. The topological polar surface area (TPSA) is 89.4 Å². The van der Waals surface area contributed by atoms with E-state index in [-0.39, 0.29) is 24.9 Å². The van der Waals surface area contributed by atoms with Gasteiger partial charge in [0.1, 0.15) is 18.1 Å². The van der Waals surface area contributed by atoms with Gasteiger partial charge < -0.3 is 15.0 Å². The average Bonchev–Trinajstić information content (AvgIpc) is 3.50. The summed E-state index contributed by atoms with van der Waals surface area (Å²) >= 11 is 7.62. The zero-order chi connectivity index (χ0) is 23.9. The predicted molar refractivity (Wildman–Crippen MR) is 131 cm³/mol. The van der Waals surface area contributed by atoms with Crippen molar-refractivity contribution >= 4 is 45.8 Å². The van der Waals surface area contributed by atoms with Crippen LogP contribution in [0.2, 0.25) is 5.02 Å². The van der Waals surface area contributed by atoms with E-state index in [0.29, 0.717) is 29.3 Å². The van der Waals surface area contributed by atoms with E-state index < -0.39 is 6.04 Å². The Morgan fingerprint density at radius 2 is 1.94 bits per heavy atom. The van der Waals surface area contributed by atoms with E-state index in [0.717, 1.165) is 10.4 Å². The fraction of sp³-hybridized carbons (Fsp3) is 0.250. The normalized spacial score (nSPS) is 11.9. The van der Waals surface area contributed by atoms with Crippen molar-refractivity contribution in [3.05, 3.63) is 81.5 Å². The number of carbonyl (C=O) groups excluding carboxylic acids is 2. The fourth-order valence-corrected chi connectivity index (χ4v) is 4.47. The van der Waals surface area contributed by atoms with Gasteiger partial charge in [0.25, 0.3) is 0 Å². The number of nitrogens with zero attached hydrogens (tertiary/aromatic N) is 4. The first kappa shape index (κ1) is 23.9. The molecule has 0 radical (unpaired) electrons.